The van der Waals surface area contributed by atoms with Crippen LogP contribution >= 0.6 is 0 Å². The molecule has 2 aromatic carbocycles. The van der Waals surface area contributed by atoms with Crippen molar-refractivity contribution in [3.8, 4) is 11.5 Å². The van der Waals surface area contributed by atoms with Crippen molar-refractivity contribution < 1.29 is 22.7 Å². The van der Waals surface area contributed by atoms with Crippen LogP contribution in [0, 0.1) is 13.8 Å². The number of nitrogens with one attached hydrogen (secondary N) is 1. The van der Waals surface area contributed by atoms with Gasteiger partial charge in [0.1, 0.15) is 23.6 Å². The lowest BCUT2D eigenvalue weighted by Crippen LogP contribution is -2.45. The van der Waals surface area contributed by atoms with Crippen molar-refractivity contribution in [1.29, 1.82) is 0 Å². The van der Waals surface area contributed by atoms with Gasteiger partial charge in [0, 0.05) is 12.0 Å². The van der Waals surface area contributed by atoms with Gasteiger partial charge in [-0.05, 0) is 63.1 Å². The summed E-state index contributed by atoms with van der Waals surface area (Å²) in [6.45, 7) is 7.37. The van der Waals surface area contributed by atoms with Crippen LogP contribution in [0.5, 0.6) is 11.5 Å². The number of aryl methyl sites for hydroxylation is 1. The van der Waals surface area contributed by atoms with Crippen LogP contribution < -0.4 is 19.1 Å². The average molecular weight is 447 g/mol. The number of carbonyl (C=O) groups is 1. The molecule has 7 nitrogen and oxygen atoms in total. The molecule has 0 saturated heterocycles. The molecular weight excluding hydrogens is 416 g/mol. The minimum atomic E-state index is -3.66. The Bertz CT molecular complexity index is 1100. The Balaban J connectivity index is 1.89. The number of hydrogen-bond donors (Lipinski definition) is 1. The highest BCUT2D eigenvalue weighted by Gasteiger charge is 2.35. The van der Waals surface area contributed by atoms with E-state index in [0.717, 1.165) is 27.3 Å². The molecule has 168 valence electrons. The second kappa shape index (κ2) is 8.42. The number of hydrogen-bond acceptors (Lipinski definition) is 5. The van der Waals surface area contributed by atoms with Gasteiger partial charge in [0.05, 0.1) is 25.1 Å². The van der Waals surface area contributed by atoms with Gasteiger partial charge in [0.2, 0.25) is 15.9 Å². The Labute approximate surface area is 184 Å². The topological polar surface area (TPSA) is 84.9 Å². The summed E-state index contributed by atoms with van der Waals surface area (Å²) in [5.41, 5.74) is 2.61. The normalized spacial score (nSPS) is 17.3. The van der Waals surface area contributed by atoms with Crippen molar-refractivity contribution in [1.82, 2.24) is 5.32 Å². The van der Waals surface area contributed by atoms with Gasteiger partial charge < -0.3 is 14.8 Å². The molecule has 3 rings (SSSR count). The number of carbonyl (C=O) groups excluding carboxylic acids is 1. The van der Waals surface area contributed by atoms with Gasteiger partial charge in [-0.3, -0.25) is 9.10 Å². The minimum Gasteiger partial charge on any atom is -0.497 e. The fourth-order valence-electron chi connectivity index (χ4n) is 3.85. The van der Waals surface area contributed by atoms with Gasteiger partial charge >= 0.3 is 0 Å². The summed E-state index contributed by atoms with van der Waals surface area (Å²) in [5.74, 6) is 0.953. The number of rotatable bonds is 6. The first-order valence-corrected chi connectivity index (χ1v) is 12.0. The number of methoxy groups -OCH3 is 1. The van der Waals surface area contributed by atoms with E-state index in [4.69, 9.17) is 9.47 Å². The number of benzene rings is 2. The molecule has 1 aliphatic heterocycles. The Hall–Kier alpha value is -2.74. The lowest BCUT2D eigenvalue weighted by Gasteiger charge is -2.38. The Morgan fingerprint density at radius 2 is 1.97 bits per heavy atom. The van der Waals surface area contributed by atoms with Crippen molar-refractivity contribution in [2.45, 2.75) is 45.8 Å². The lowest BCUT2D eigenvalue weighted by molar-refractivity contribution is -0.120. The van der Waals surface area contributed by atoms with E-state index in [9.17, 15) is 13.2 Å². The number of amides is 1. The maximum atomic E-state index is 13.0. The molecule has 0 radical (unpaired) electrons. The van der Waals surface area contributed by atoms with E-state index >= 15 is 0 Å². The Morgan fingerprint density at radius 1 is 1.26 bits per heavy atom. The van der Waals surface area contributed by atoms with E-state index in [-0.39, 0.29) is 18.5 Å². The van der Waals surface area contributed by atoms with E-state index < -0.39 is 15.6 Å². The predicted molar refractivity (Wildman–Crippen MR) is 121 cm³/mol. The van der Waals surface area contributed by atoms with Crippen LogP contribution in [-0.4, -0.2) is 39.8 Å². The van der Waals surface area contributed by atoms with Gasteiger partial charge in [-0.25, -0.2) is 8.42 Å². The second-order valence-corrected chi connectivity index (χ2v) is 10.5. The zero-order chi connectivity index (χ0) is 23.0. The number of nitrogens with zero attached hydrogens (tertiary/aromatic N) is 1. The summed E-state index contributed by atoms with van der Waals surface area (Å²) in [5, 5.41) is 3.01. The van der Waals surface area contributed by atoms with Gasteiger partial charge in [0.15, 0.2) is 0 Å². The Morgan fingerprint density at radius 3 is 2.61 bits per heavy atom. The lowest BCUT2D eigenvalue weighted by atomic mass is 9.89. The van der Waals surface area contributed by atoms with Crippen LogP contribution in [0.15, 0.2) is 36.4 Å². The fraction of sp³-hybridized carbons (Fsp3) is 0.435. The molecule has 0 bridgehead atoms. The van der Waals surface area contributed by atoms with Gasteiger partial charge in [0.25, 0.3) is 0 Å². The molecular formula is C23H30N2O5S. The monoisotopic (exact) mass is 446 g/mol. The quantitative estimate of drug-likeness (QED) is 0.734. The van der Waals surface area contributed by atoms with Crippen LogP contribution in [0.2, 0.25) is 0 Å². The van der Waals surface area contributed by atoms with Crippen LogP contribution in [0.3, 0.4) is 0 Å². The molecule has 0 aliphatic carbocycles. The minimum absolute atomic E-state index is 0.305. The molecule has 2 aromatic rings. The van der Waals surface area contributed by atoms with Crippen molar-refractivity contribution in [3.63, 3.8) is 0 Å². The molecule has 1 aliphatic rings. The third kappa shape index (κ3) is 5.12. The Kier molecular flexibility index (Phi) is 6.23. The predicted octanol–water partition coefficient (Wildman–Crippen LogP) is 3.50. The molecule has 0 saturated carbocycles. The second-order valence-electron chi connectivity index (χ2n) is 8.58. The van der Waals surface area contributed by atoms with Crippen molar-refractivity contribution >= 4 is 21.6 Å². The standard InChI is InChI=1S/C23H30N2O5S/c1-15-8-7-9-20(16(15)2)25(31(6,27)28)14-22(26)24-19-13-23(3,4)30-21-11-10-17(29-5)12-18(19)21/h7-12,19H,13-14H2,1-6H3,(H,24,26). The highest BCUT2D eigenvalue weighted by Crippen LogP contribution is 2.41. The zero-order valence-electron chi connectivity index (χ0n) is 18.9. The summed E-state index contributed by atoms with van der Waals surface area (Å²) < 4.78 is 37.6. The van der Waals surface area contributed by atoms with Crippen LogP contribution in [-0.2, 0) is 14.8 Å². The molecule has 1 atom stereocenters. The molecule has 1 heterocycles. The van der Waals surface area contributed by atoms with E-state index in [1.807, 2.05) is 52.0 Å². The third-order valence-electron chi connectivity index (χ3n) is 5.54. The van der Waals surface area contributed by atoms with Crippen molar-refractivity contribution in [2.24, 2.45) is 0 Å². The van der Waals surface area contributed by atoms with E-state index in [1.54, 1.807) is 19.2 Å². The number of sulfonamides is 1. The van der Waals surface area contributed by atoms with E-state index in [1.165, 1.54) is 0 Å². The number of fused-ring (bicyclic) bond motifs is 1. The molecule has 0 spiro atoms. The smallest absolute Gasteiger partial charge is 0.241 e. The molecule has 1 amide bonds. The summed E-state index contributed by atoms with van der Waals surface area (Å²) in [6, 6.07) is 10.6. The third-order valence-corrected chi connectivity index (χ3v) is 6.67. The first-order valence-electron chi connectivity index (χ1n) is 10.1. The summed E-state index contributed by atoms with van der Waals surface area (Å²) >= 11 is 0. The summed E-state index contributed by atoms with van der Waals surface area (Å²) in [6.07, 6.45) is 1.65. The first-order chi connectivity index (χ1) is 14.4. The van der Waals surface area contributed by atoms with Crippen molar-refractivity contribution in [3.05, 3.63) is 53.1 Å². The molecule has 31 heavy (non-hydrogen) atoms. The van der Waals surface area contributed by atoms with Crippen LogP contribution in [0.4, 0.5) is 5.69 Å². The summed E-state index contributed by atoms with van der Waals surface area (Å²) in [4.78, 5) is 13.0. The van der Waals surface area contributed by atoms with E-state index in [0.29, 0.717) is 23.6 Å². The number of ether oxygens (including phenoxy) is 2. The first kappa shape index (κ1) is 22.9. The maximum Gasteiger partial charge on any atom is 0.241 e. The molecule has 1 N–H and O–H groups in total. The molecule has 0 aromatic heterocycles. The average Bonchev–Trinajstić information content (AvgIpc) is 2.66. The zero-order valence-corrected chi connectivity index (χ0v) is 19.7. The maximum absolute atomic E-state index is 13.0. The van der Waals surface area contributed by atoms with Crippen LogP contribution in [0.1, 0.15) is 43.0 Å². The largest absolute Gasteiger partial charge is 0.497 e. The van der Waals surface area contributed by atoms with Gasteiger partial charge in [-0.1, -0.05) is 12.1 Å². The SMILES string of the molecule is COc1ccc2c(c1)C(NC(=O)CN(c1cccc(C)c1C)S(C)(=O)=O)CC(C)(C)O2. The summed E-state index contributed by atoms with van der Waals surface area (Å²) in [7, 11) is -2.08. The van der Waals surface area contributed by atoms with Crippen molar-refractivity contribution in [2.75, 3.05) is 24.2 Å². The molecule has 8 heteroatoms. The molecule has 0 fully saturated rings. The highest BCUT2D eigenvalue weighted by atomic mass is 32.2. The van der Waals surface area contributed by atoms with Gasteiger partial charge in [-0.2, -0.15) is 0 Å². The molecule has 1 unspecified atom stereocenters. The number of anilines is 1. The fourth-order valence-corrected chi connectivity index (χ4v) is 4.75. The van der Waals surface area contributed by atoms with E-state index in [2.05, 4.69) is 5.32 Å². The highest BCUT2D eigenvalue weighted by molar-refractivity contribution is 7.92. The van der Waals surface area contributed by atoms with Crippen LogP contribution in [0.25, 0.3) is 0 Å². The van der Waals surface area contributed by atoms with Gasteiger partial charge in [-0.15, -0.1) is 0 Å².